The topological polar surface area (TPSA) is 64.2 Å². The molecule has 0 fully saturated rings. The van der Waals surface area contributed by atoms with Gasteiger partial charge < -0.3 is 9.72 Å². The van der Waals surface area contributed by atoms with Gasteiger partial charge in [-0.2, -0.15) is 5.10 Å². The largest absolute Gasteiger partial charge is 0.346 e. The van der Waals surface area contributed by atoms with E-state index in [1.807, 2.05) is 97.2 Å². The lowest BCUT2D eigenvalue weighted by molar-refractivity contribution is 0.0951. The van der Waals surface area contributed by atoms with Crippen LogP contribution in [-0.2, 0) is 6.54 Å². The number of aryl methyl sites for hydroxylation is 2. The molecule has 0 aliphatic rings. The maximum atomic E-state index is 13.3. The predicted molar refractivity (Wildman–Crippen MR) is 125 cm³/mol. The summed E-state index contributed by atoms with van der Waals surface area (Å²) in [4.78, 5) is 17.9. The number of para-hydroxylation sites is 1. The summed E-state index contributed by atoms with van der Waals surface area (Å²) < 4.78 is 3.78. The number of imidazole rings is 1. The average Bonchev–Trinajstić information content (AvgIpc) is 3.44. The lowest BCUT2D eigenvalue weighted by Crippen LogP contribution is -2.23. The van der Waals surface area contributed by atoms with E-state index in [-0.39, 0.29) is 5.91 Å². The molecule has 6 nitrogen and oxygen atoms in total. The van der Waals surface area contributed by atoms with E-state index in [9.17, 15) is 4.79 Å². The molecular formula is C26H23N5O. The minimum atomic E-state index is -0.181. The molecule has 0 aliphatic heterocycles. The Bertz CT molecular complexity index is 1410. The maximum Gasteiger partial charge on any atom is 0.255 e. The van der Waals surface area contributed by atoms with Crippen LogP contribution in [-0.4, -0.2) is 25.1 Å². The lowest BCUT2D eigenvalue weighted by Gasteiger charge is -2.06. The molecule has 3 aromatic heterocycles. The van der Waals surface area contributed by atoms with Crippen molar-refractivity contribution in [2.45, 2.75) is 20.4 Å². The van der Waals surface area contributed by atoms with Crippen molar-refractivity contribution in [1.29, 1.82) is 0 Å². The molecule has 5 aromatic rings. The first-order valence-corrected chi connectivity index (χ1v) is 10.5. The summed E-state index contributed by atoms with van der Waals surface area (Å²) in [7, 11) is 0. The fraction of sp³-hybridized carbons (Fsp3) is 0.115. The van der Waals surface area contributed by atoms with E-state index in [4.69, 9.17) is 5.10 Å². The average molecular weight is 422 g/mol. The fourth-order valence-electron chi connectivity index (χ4n) is 3.84. The summed E-state index contributed by atoms with van der Waals surface area (Å²) in [5, 5.41) is 7.79. The van der Waals surface area contributed by atoms with Gasteiger partial charge in [0.15, 0.2) is 0 Å². The third-order valence-electron chi connectivity index (χ3n) is 5.56. The zero-order valence-electron chi connectivity index (χ0n) is 18.0. The Labute approximate surface area is 186 Å². The van der Waals surface area contributed by atoms with Gasteiger partial charge in [0.1, 0.15) is 11.3 Å². The van der Waals surface area contributed by atoms with Crippen LogP contribution in [0.2, 0.25) is 0 Å². The number of nitrogens with one attached hydrogen (secondary N) is 1. The van der Waals surface area contributed by atoms with Gasteiger partial charge in [-0.3, -0.25) is 4.79 Å². The van der Waals surface area contributed by atoms with Gasteiger partial charge in [0, 0.05) is 23.7 Å². The number of carbonyl (C=O) groups excluding carboxylic acids is 1. The summed E-state index contributed by atoms with van der Waals surface area (Å²) in [6.45, 7) is 4.39. The van der Waals surface area contributed by atoms with Crippen molar-refractivity contribution < 1.29 is 4.79 Å². The van der Waals surface area contributed by atoms with Gasteiger partial charge >= 0.3 is 0 Å². The maximum absolute atomic E-state index is 13.3. The highest BCUT2D eigenvalue weighted by atomic mass is 16.1. The van der Waals surface area contributed by atoms with E-state index in [0.717, 1.165) is 33.8 Å². The number of amides is 1. The second-order valence-electron chi connectivity index (χ2n) is 7.80. The van der Waals surface area contributed by atoms with Crippen LogP contribution in [0.25, 0.3) is 22.6 Å². The first-order chi connectivity index (χ1) is 15.6. The molecule has 5 rings (SSSR count). The molecule has 0 atom stereocenters. The molecule has 3 heterocycles. The van der Waals surface area contributed by atoms with Crippen molar-refractivity contribution in [3.8, 4) is 16.9 Å². The van der Waals surface area contributed by atoms with Crippen molar-refractivity contribution in [3.05, 3.63) is 108 Å². The van der Waals surface area contributed by atoms with E-state index in [1.165, 1.54) is 0 Å². The second-order valence-corrected chi connectivity index (χ2v) is 7.80. The third kappa shape index (κ3) is 3.67. The van der Waals surface area contributed by atoms with Crippen LogP contribution < -0.4 is 5.32 Å². The quantitative estimate of drug-likeness (QED) is 0.446. The highest BCUT2D eigenvalue weighted by Gasteiger charge is 2.20. The van der Waals surface area contributed by atoms with E-state index < -0.39 is 0 Å². The van der Waals surface area contributed by atoms with Gasteiger partial charge in [-0.1, -0.05) is 48.5 Å². The zero-order valence-corrected chi connectivity index (χ0v) is 18.0. The van der Waals surface area contributed by atoms with Crippen molar-refractivity contribution in [3.63, 3.8) is 0 Å². The third-order valence-corrected chi connectivity index (χ3v) is 5.56. The van der Waals surface area contributed by atoms with Crippen LogP contribution in [0.5, 0.6) is 0 Å². The Hall–Kier alpha value is -4.19. The van der Waals surface area contributed by atoms with Crippen LogP contribution in [0.15, 0.2) is 85.2 Å². The monoisotopic (exact) mass is 421 g/mol. The number of pyridine rings is 1. The molecule has 0 saturated heterocycles. The van der Waals surface area contributed by atoms with Crippen LogP contribution in [0.3, 0.4) is 0 Å². The number of hydrogen-bond acceptors (Lipinski definition) is 3. The Morgan fingerprint density at radius 2 is 1.69 bits per heavy atom. The van der Waals surface area contributed by atoms with Crippen molar-refractivity contribution in [2.75, 3.05) is 0 Å². The van der Waals surface area contributed by atoms with Gasteiger partial charge in [0.05, 0.1) is 23.5 Å². The molecular weight excluding hydrogens is 398 g/mol. The molecule has 6 heteroatoms. The molecule has 0 aliphatic carbocycles. The summed E-state index contributed by atoms with van der Waals surface area (Å²) in [5.41, 5.74) is 6.87. The standard InChI is InChI=1S/C26H23N5O/c1-18-9-6-7-13-22(18)25-23(17-31(29-25)21-11-4-3-5-12-21)26(32)27-15-20-16-30-19(2)10-8-14-24(30)28-20/h3-14,16-17H,15H2,1-2H3,(H,27,32). The summed E-state index contributed by atoms with van der Waals surface area (Å²) in [6.07, 6.45) is 3.75. The lowest BCUT2D eigenvalue weighted by atomic mass is 10.0. The molecule has 1 N–H and O–H groups in total. The zero-order chi connectivity index (χ0) is 22.1. The van der Waals surface area contributed by atoms with E-state index >= 15 is 0 Å². The molecule has 0 spiro atoms. The van der Waals surface area contributed by atoms with Crippen LogP contribution in [0.1, 0.15) is 27.3 Å². The highest BCUT2D eigenvalue weighted by Crippen LogP contribution is 2.26. The van der Waals surface area contributed by atoms with Crippen molar-refractivity contribution in [1.82, 2.24) is 24.5 Å². The van der Waals surface area contributed by atoms with Gasteiger partial charge in [-0.05, 0) is 43.7 Å². The number of nitrogens with zero attached hydrogens (tertiary/aromatic N) is 4. The summed E-state index contributed by atoms with van der Waals surface area (Å²) in [5.74, 6) is -0.181. The molecule has 1 amide bonds. The predicted octanol–water partition coefficient (Wildman–Crippen LogP) is 4.73. The number of aromatic nitrogens is 4. The molecule has 0 saturated carbocycles. The number of rotatable bonds is 5. The highest BCUT2D eigenvalue weighted by molar-refractivity contribution is 6.00. The molecule has 0 radical (unpaired) electrons. The normalized spacial score (nSPS) is 11.1. The molecule has 2 aromatic carbocycles. The minimum absolute atomic E-state index is 0.181. The van der Waals surface area contributed by atoms with Crippen LogP contribution >= 0.6 is 0 Å². The molecule has 0 bridgehead atoms. The van der Waals surface area contributed by atoms with Gasteiger partial charge in [-0.15, -0.1) is 0 Å². The Balaban J connectivity index is 1.48. The first-order valence-electron chi connectivity index (χ1n) is 10.5. The van der Waals surface area contributed by atoms with Crippen molar-refractivity contribution >= 4 is 11.6 Å². The smallest absolute Gasteiger partial charge is 0.255 e. The van der Waals surface area contributed by atoms with Gasteiger partial charge in [0.2, 0.25) is 0 Å². The summed E-state index contributed by atoms with van der Waals surface area (Å²) >= 11 is 0. The minimum Gasteiger partial charge on any atom is -0.346 e. The molecule has 0 unspecified atom stereocenters. The number of hydrogen-bond donors (Lipinski definition) is 1. The van der Waals surface area contributed by atoms with Crippen LogP contribution in [0.4, 0.5) is 0 Å². The van der Waals surface area contributed by atoms with E-state index in [0.29, 0.717) is 17.8 Å². The van der Waals surface area contributed by atoms with Gasteiger partial charge in [0.25, 0.3) is 5.91 Å². The van der Waals surface area contributed by atoms with Crippen molar-refractivity contribution in [2.24, 2.45) is 0 Å². The Morgan fingerprint density at radius 1 is 0.906 bits per heavy atom. The van der Waals surface area contributed by atoms with Gasteiger partial charge in [-0.25, -0.2) is 9.67 Å². The Morgan fingerprint density at radius 3 is 2.47 bits per heavy atom. The second kappa shape index (κ2) is 8.15. The number of benzene rings is 2. The SMILES string of the molecule is Cc1ccccc1-c1nn(-c2ccccc2)cc1C(=O)NCc1cn2c(C)cccc2n1. The number of carbonyl (C=O) groups is 1. The van der Waals surface area contributed by atoms with E-state index in [2.05, 4.69) is 10.3 Å². The van der Waals surface area contributed by atoms with E-state index in [1.54, 1.807) is 10.9 Å². The number of fused-ring (bicyclic) bond motifs is 1. The Kier molecular flexibility index (Phi) is 5.03. The molecule has 158 valence electrons. The molecule has 32 heavy (non-hydrogen) atoms. The van der Waals surface area contributed by atoms with Crippen LogP contribution in [0, 0.1) is 13.8 Å². The fourth-order valence-corrected chi connectivity index (χ4v) is 3.84. The first kappa shape index (κ1) is 19.8. The summed E-state index contributed by atoms with van der Waals surface area (Å²) in [6, 6.07) is 23.7.